The lowest BCUT2D eigenvalue weighted by molar-refractivity contribution is -0.135. The maximum atomic E-state index is 13.2. The highest BCUT2D eigenvalue weighted by Crippen LogP contribution is 2.37. The highest BCUT2D eigenvalue weighted by Gasteiger charge is 2.44. The minimum atomic E-state index is -1.15. The van der Waals surface area contributed by atoms with Crippen molar-refractivity contribution in [3.63, 3.8) is 0 Å². The number of hydrogen-bond acceptors (Lipinski definition) is 4. The first-order chi connectivity index (χ1) is 16.0. The van der Waals surface area contributed by atoms with Gasteiger partial charge in [-0.25, -0.2) is 0 Å². The molecule has 2 aromatic rings. The highest BCUT2D eigenvalue weighted by atomic mass is 35.5. The van der Waals surface area contributed by atoms with Crippen LogP contribution >= 0.6 is 23.2 Å². The van der Waals surface area contributed by atoms with Crippen molar-refractivity contribution in [2.24, 2.45) is 5.73 Å². The van der Waals surface area contributed by atoms with E-state index in [0.29, 0.717) is 39.8 Å². The van der Waals surface area contributed by atoms with Crippen LogP contribution in [-0.4, -0.2) is 46.3 Å². The molecular weight excluding hydrogens is 477 g/mol. The third kappa shape index (κ3) is 5.00. The van der Waals surface area contributed by atoms with Crippen LogP contribution in [0.15, 0.2) is 42.5 Å². The molecule has 3 N–H and O–H groups in total. The number of rotatable bonds is 6. The van der Waals surface area contributed by atoms with Gasteiger partial charge in [0.05, 0.1) is 5.02 Å². The van der Waals surface area contributed by atoms with Gasteiger partial charge in [-0.1, -0.05) is 23.2 Å². The summed E-state index contributed by atoms with van der Waals surface area (Å²) < 4.78 is 5.90. The normalized spacial score (nSPS) is 21.8. The number of nitrogens with one attached hydrogen (secondary N) is 1. The van der Waals surface area contributed by atoms with Crippen LogP contribution in [0.5, 0.6) is 5.75 Å². The predicted octanol–water partition coefficient (Wildman–Crippen LogP) is 4.20. The number of fused-ring (bicyclic) bond motifs is 2. The van der Waals surface area contributed by atoms with Crippen molar-refractivity contribution in [2.75, 3.05) is 0 Å². The molecule has 3 amide bonds. The Kier molecular flexibility index (Phi) is 6.78. The Hall–Kier alpha value is -2.77. The first-order valence-electron chi connectivity index (χ1n) is 11.2. The molecule has 2 heterocycles. The first kappa shape index (κ1) is 24.4. The second kappa shape index (κ2) is 9.47. The number of amides is 3. The minimum absolute atomic E-state index is 0.0436. The highest BCUT2D eigenvalue weighted by molar-refractivity contribution is 6.35. The summed E-state index contributed by atoms with van der Waals surface area (Å²) in [4.78, 5) is 39.4. The lowest BCUT2D eigenvalue weighted by atomic mass is 9.95. The Labute approximate surface area is 208 Å². The van der Waals surface area contributed by atoms with Crippen LogP contribution in [0.1, 0.15) is 60.2 Å². The van der Waals surface area contributed by atoms with Gasteiger partial charge in [-0.2, -0.15) is 0 Å². The van der Waals surface area contributed by atoms with E-state index in [9.17, 15) is 14.4 Å². The van der Waals surface area contributed by atoms with Gasteiger partial charge in [-0.05, 0) is 82.0 Å². The van der Waals surface area contributed by atoms with Gasteiger partial charge in [-0.15, -0.1) is 0 Å². The molecule has 2 aromatic carbocycles. The number of piperidine rings is 1. The molecule has 1 unspecified atom stereocenters. The molecule has 9 heteroatoms. The molecule has 0 aromatic heterocycles. The van der Waals surface area contributed by atoms with Gasteiger partial charge in [-0.3, -0.25) is 14.4 Å². The number of benzene rings is 2. The molecule has 2 saturated heterocycles. The van der Waals surface area contributed by atoms with Gasteiger partial charge < -0.3 is 20.7 Å². The molecule has 2 aliphatic heterocycles. The quantitative estimate of drug-likeness (QED) is 0.616. The van der Waals surface area contributed by atoms with Crippen LogP contribution in [-0.2, 0) is 4.79 Å². The van der Waals surface area contributed by atoms with Crippen LogP contribution in [0.25, 0.3) is 0 Å². The summed E-state index contributed by atoms with van der Waals surface area (Å²) in [6, 6.07) is 11.3. The summed E-state index contributed by atoms with van der Waals surface area (Å²) >= 11 is 12.1. The van der Waals surface area contributed by atoms with Crippen LogP contribution < -0.4 is 15.8 Å². The van der Waals surface area contributed by atoms with Crippen LogP contribution in [0.4, 0.5) is 0 Å². The number of nitrogens with zero attached hydrogens (tertiary/aromatic N) is 1. The summed E-state index contributed by atoms with van der Waals surface area (Å²) in [6.45, 7) is 3.38. The second-order valence-corrected chi connectivity index (χ2v) is 10.2. The van der Waals surface area contributed by atoms with E-state index in [-0.39, 0.29) is 29.9 Å². The predicted molar refractivity (Wildman–Crippen MR) is 130 cm³/mol. The first-order valence-corrected chi connectivity index (χ1v) is 12.0. The average Bonchev–Trinajstić information content (AvgIpc) is 3.05. The van der Waals surface area contributed by atoms with Crippen molar-refractivity contribution in [2.45, 2.75) is 63.3 Å². The summed E-state index contributed by atoms with van der Waals surface area (Å²) in [5.41, 5.74) is 5.04. The molecule has 34 heavy (non-hydrogen) atoms. The van der Waals surface area contributed by atoms with Crippen molar-refractivity contribution in [3.05, 3.63) is 63.6 Å². The summed E-state index contributed by atoms with van der Waals surface area (Å²) in [5.74, 6) is -0.450. The molecule has 7 nitrogen and oxygen atoms in total. The number of carbonyl (C=O) groups is 3. The van der Waals surface area contributed by atoms with E-state index in [2.05, 4.69) is 5.32 Å². The molecule has 0 saturated carbocycles. The smallest absolute Gasteiger partial charge is 0.263 e. The fourth-order valence-electron chi connectivity index (χ4n) is 4.79. The van der Waals surface area contributed by atoms with Crippen LogP contribution in [0.2, 0.25) is 10.0 Å². The Morgan fingerprint density at radius 1 is 1.00 bits per heavy atom. The monoisotopic (exact) mass is 503 g/mol. The van der Waals surface area contributed by atoms with E-state index in [1.54, 1.807) is 56.3 Å². The lowest BCUT2D eigenvalue weighted by Crippen LogP contribution is -2.56. The van der Waals surface area contributed by atoms with Gasteiger partial charge >= 0.3 is 0 Å². The van der Waals surface area contributed by atoms with E-state index < -0.39 is 11.5 Å². The zero-order valence-corrected chi connectivity index (χ0v) is 20.5. The van der Waals surface area contributed by atoms with E-state index in [0.717, 1.165) is 12.8 Å². The second-order valence-electron chi connectivity index (χ2n) is 9.37. The molecule has 180 valence electrons. The summed E-state index contributed by atoms with van der Waals surface area (Å²) in [6.07, 6.45) is 3.13. The van der Waals surface area contributed by atoms with Crippen molar-refractivity contribution in [1.29, 1.82) is 0 Å². The molecule has 2 bridgehead atoms. The van der Waals surface area contributed by atoms with Crippen LogP contribution in [0.3, 0.4) is 0 Å². The van der Waals surface area contributed by atoms with E-state index in [1.807, 2.05) is 4.90 Å². The van der Waals surface area contributed by atoms with E-state index in [4.69, 9.17) is 33.7 Å². The van der Waals surface area contributed by atoms with Gasteiger partial charge in [0.15, 0.2) is 5.60 Å². The summed E-state index contributed by atoms with van der Waals surface area (Å²) in [5, 5.41) is 3.93. The Morgan fingerprint density at radius 3 is 2.15 bits per heavy atom. The fraction of sp³-hybridized carbons (Fsp3) is 0.400. The largest absolute Gasteiger partial charge is 0.476 e. The molecule has 3 atom stereocenters. The van der Waals surface area contributed by atoms with Gasteiger partial charge in [0, 0.05) is 34.3 Å². The Balaban J connectivity index is 1.39. The van der Waals surface area contributed by atoms with Gasteiger partial charge in [0.25, 0.3) is 11.8 Å². The topological polar surface area (TPSA) is 102 Å². The van der Waals surface area contributed by atoms with E-state index >= 15 is 0 Å². The van der Waals surface area contributed by atoms with Crippen molar-refractivity contribution >= 4 is 40.9 Å². The zero-order valence-electron chi connectivity index (χ0n) is 19.0. The Bertz CT molecular complexity index is 1110. The zero-order chi connectivity index (χ0) is 24.6. The maximum Gasteiger partial charge on any atom is 0.263 e. The van der Waals surface area contributed by atoms with Crippen LogP contribution in [0, 0.1) is 0 Å². The number of primary amides is 1. The number of carbonyl (C=O) groups excluding carboxylic acids is 3. The third-order valence-electron chi connectivity index (χ3n) is 6.53. The number of hydrogen-bond donors (Lipinski definition) is 2. The van der Waals surface area contributed by atoms with Gasteiger partial charge in [0.1, 0.15) is 5.75 Å². The minimum Gasteiger partial charge on any atom is -0.476 e. The molecule has 2 fully saturated rings. The number of ether oxygens (including phenoxy) is 1. The lowest BCUT2D eigenvalue weighted by Gasteiger charge is -2.40. The van der Waals surface area contributed by atoms with Crippen molar-refractivity contribution in [1.82, 2.24) is 10.2 Å². The molecular formula is C25H27Cl2N3O4. The number of halogens is 2. The SMILES string of the molecule is CC(C)(Oc1ccc(Cl)cc1Cl)C(=O)NC1C[C@H]2CC[C@@H](C1)N2C(=O)c1ccc(C(N)=O)cc1. The van der Waals surface area contributed by atoms with E-state index in [1.165, 1.54) is 0 Å². The summed E-state index contributed by atoms with van der Waals surface area (Å²) in [7, 11) is 0. The fourth-order valence-corrected chi connectivity index (χ4v) is 5.24. The van der Waals surface area contributed by atoms with Crippen molar-refractivity contribution < 1.29 is 19.1 Å². The molecule has 2 aliphatic rings. The Morgan fingerprint density at radius 2 is 1.59 bits per heavy atom. The van der Waals surface area contributed by atoms with Gasteiger partial charge in [0.2, 0.25) is 5.91 Å². The standard InChI is InChI=1S/C25H27Cl2N3O4/c1-25(2,34-21-10-7-16(26)11-20(21)27)24(33)29-17-12-18-8-9-19(13-17)30(18)23(32)15-5-3-14(4-6-15)22(28)31/h3-7,10-11,17-19H,8-9,12-13H2,1-2H3,(H2,28,31)(H,29,33)/t17?,18-,19+. The molecule has 0 aliphatic carbocycles. The third-order valence-corrected chi connectivity index (χ3v) is 7.06. The maximum absolute atomic E-state index is 13.2. The van der Waals surface area contributed by atoms with Crippen molar-refractivity contribution in [3.8, 4) is 5.75 Å². The molecule has 0 spiro atoms. The average molecular weight is 504 g/mol. The molecule has 4 rings (SSSR count). The molecule has 0 radical (unpaired) electrons. The number of nitrogens with two attached hydrogens (primary N) is 1.